The van der Waals surface area contributed by atoms with E-state index in [0.29, 0.717) is 6.04 Å². The minimum Gasteiger partial charge on any atom is -0.372 e. The van der Waals surface area contributed by atoms with Crippen LogP contribution in [0.15, 0.2) is 10.8 Å². The smallest absolute Gasteiger partial charge is 0.146 e. The second-order valence-electron chi connectivity index (χ2n) is 4.61. The molecule has 94 valence electrons. The Bertz CT molecular complexity index is 377. The lowest BCUT2D eigenvalue weighted by Gasteiger charge is -2.21. The molecule has 2 rings (SSSR count). The average Bonchev–Trinajstić information content (AvgIpc) is 2.85. The van der Waals surface area contributed by atoms with Crippen molar-refractivity contribution in [2.75, 3.05) is 17.7 Å². The molecule has 0 amide bonds. The van der Waals surface area contributed by atoms with Gasteiger partial charge in [0, 0.05) is 13.1 Å². The molecule has 0 bridgehead atoms. The van der Waals surface area contributed by atoms with Crippen LogP contribution in [0.5, 0.6) is 0 Å². The summed E-state index contributed by atoms with van der Waals surface area (Å²) in [5, 5.41) is 6.53. The Balaban J connectivity index is 2.07. The van der Waals surface area contributed by atoms with Gasteiger partial charge >= 0.3 is 0 Å². The van der Waals surface area contributed by atoms with E-state index in [-0.39, 0.29) is 0 Å². The zero-order chi connectivity index (χ0) is 12.3. The Morgan fingerprint density at radius 2 is 1.94 bits per heavy atom. The third kappa shape index (κ3) is 2.89. The summed E-state index contributed by atoms with van der Waals surface area (Å²) in [5.74, 6) is 2.47. The van der Waals surface area contributed by atoms with Crippen molar-refractivity contribution in [1.29, 1.82) is 0 Å². The first-order valence-electron chi connectivity index (χ1n) is 6.17. The fourth-order valence-corrected chi connectivity index (χ4v) is 2.95. The summed E-state index contributed by atoms with van der Waals surface area (Å²) in [6.45, 7) is 2.24. The summed E-state index contributed by atoms with van der Waals surface area (Å²) < 4.78 is 0.910. The van der Waals surface area contributed by atoms with Crippen molar-refractivity contribution in [1.82, 2.24) is 9.97 Å². The molecule has 1 fully saturated rings. The van der Waals surface area contributed by atoms with Crippen molar-refractivity contribution in [2.45, 2.75) is 38.6 Å². The highest BCUT2D eigenvalue weighted by atomic mass is 79.9. The van der Waals surface area contributed by atoms with Crippen LogP contribution in [-0.2, 0) is 0 Å². The minimum absolute atomic E-state index is 0.466. The summed E-state index contributed by atoms with van der Waals surface area (Å²) in [7, 11) is 1.86. The number of nitrogens with zero attached hydrogens (tertiary/aromatic N) is 2. The van der Waals surface area contributed by atoms with E-state index in [1.165, 1.54) is 25.7 Å². The molecule has 5 heteroatoms. The molecular formula is C12H19BrN4. The van der Waals surface area contributed by atoms with Crippen LogP contribution >= 0.6 is 15.9 Å². The summed E-state index contributed by atoms with van der Waals surface area (Å²) >= 11 is 3.53. The molecule has 0 aromatic carbocycles. The van der Waals surface area contributed by atoms with E-state index in [4.69, 9.17) is 0 Å². The number of nitrogens with one attached hydrogen (secondary N) is 2. The molecule has 1 saturated carbocycles. The third-order valence-corrected chi connectivity index (χ3v) is 4.25. The van der Waals surface area contributed by atoms with Gasteiger partial charge in [-0.2, -0.15) is 0 Å². The van der Waals surface area contributed by atoms with E-state index < -0.39 is 0 Å². The Morgan fingerprint density at radius 1 is 1.29 bits per heavy atom. The standard InChI is InChI=1S/C12H19BrN4/c1-8(9-5-3-4-6-9)17-12-10(13)11(14-2)15-7-16-12/h7-9H,3-6H2,1-2H3,(H2,14,15,16,17). The second kappa shape index (κ2) is 5.67. The van der Waals surface area contributed by atoms with Crippen molar-refractivity contribution < 1.29 is 0 Å². The van der Waals surface area contributed by atoms with Crippen molar-refractivity contribution in [3.8, 4) is 0 Å². The summed E-state index contributed by atoms with van der Waals surface area (Å²) in [5.41, 5.74) is 0. The predicted molar refractivity (Wildman–Crippen MR) is 74.3 cm³/mol. The van der Waals surface area contributed by atoms with E-state index in [2.05, 4.69) is 43.5 Å². The van der Waals surface area contributed by atoms with Crippen LogP contribution in [0.4, 0.5) is 11.6 Å². The second-order valence-corrected chi connectivity index (χ2v) is 5.41. The number of hydrogen-bond acceptors (Lipinski definition) is 4. The number of halogens is 1. The molecule has 0 aliphatic heterocycles. The van der Waals surface area contributed by atoms with E-state index in [1.807, 2.05) is 7.05 Å². The maximum atomic E-state index is 4.29. The van der Waals surface area contributed by atoms with Gasteiger partial charge in [0.05, 0.1) is 0 Å². The van der Waals surface area contributed by atoms with Gasteiger partial charge in [-0.1, -0.05) is 12.8 Å². The Labute approximate surface area is 111 Å². The van der Waals surface area contributed by atoms with Gasteiger partial charge in [0.2, 0.25) is 0 Å². The minimum atomic E-state index is 0.466. The van der Waals surface area contributed by atoms with Gasteiger partial charge in [-0.25, -0.2) is 9.97 Å². The molecule has 1 unspecified atom stereocenters. The Kier molecular flexibility index (Phi) is 4.20. The Morgan fingerprint density at radius 3 is 2.59 bits per heavy atom. The van der Waals surface area contributed by atoms with Gasteiger partial charge in [-0.3, -0.25) is 0 Å². The molecule has 0 spiro atoms. The van der Waals surface area contributed by atoms with Crippen LogP contribution < -0.4 is 10.6 Å². The molecule has 1 heterocycles. The summed E-state index contributed by atoms with van der Waals surface area (Å²) in [6, 6.07) is 0.466. The molecule has 1 aliphatic carbocycles. The predicted octanol–water partition coefficient (Wildman–Crippen LogP) is 3.27. The monoisotopic (exact) mass is 298 g/mol. The lowest BCUT2D eigenvalue weighted by atomic mass is 10.00. The highest BCUT2D eigenvalue weighted by molar-refractivity contribution is 9.10. The van der Waals surface area contributed by atoms with Crippen molar-refractivity contribution >= 4 is 27.6 Å². The van der Waals surface area contributed by atoms with Crippen LogP contribution in [0.2, 0.25) is 0 Å². The number of hydrogen-bond donors (Lipinski definition) is 2. The molecule has 4 nitrogen and oxygen atoms in total. The highest BCUT2D eigenvalue weighted by Gasteiger charge is 2.22. The molecule has 1 aromatic rings. The third-order valence-electron chi connectivity index (χ3n) is 3.50. The van der Waals surface area contributed by atoms with E-state index >= 15 is 0 Å². The van der Waals surface area contributed by atoms with Crippen LogP contribution in [0, 0.1) is 5.92 Å². The fraction of sp³-hybridized carbons (Fsp3) is 0.667. The Hall–Kier alpha value is -0.840. The molecular weight excluding hydrogens is 280 g/mol. The SMILES string of the molecule is CNc1ncnc(NC(C)C2CCCC2)c1Br. The molecule has 0 radical (unpaired) electrons. The highest BCUT2D eigenvalue weighted by Crippen LogP contribution is 2.31. The average molecular weight is 299 g/mol. The number of anilines is 2. The molecule has 2 N–H and O–H groups in total. The van der Waals surface area contributed by atoms with Crippen molar-refractivity contribution in [3.63, 3.8) is 0 Å². The lowest BCUT2D eigenvalue weighted by molar-refractivity contribution is 0.481. The molecule has 17 heavy (non-hydrogen) atoms. The maximum absolute atomic E-state index is 4.29. The lowest BCUT2D eigenvalue weighted by Crippen LogP contribution is -2.24. The van der Waals surface area contributed by atoms with Gasteiger partial charge in [0.25, 0.3) is 0 Å². The van der Waals surface area contributed by atoms with Crippen LogP contribution in [0.1, 0.15) is 32.6 Å². The van der Waals surface area contributed by atoms with E-state index in [1.54, 1.807) is 6.33 Å². The summed E-state index contributed by atoms with van der Waals surface area (Å²) in [6.07, 6.45) is 6.97. The van der Waals surface area contributed by atoms with E-state index in [0.717, 1.165) is 22.0 Å². The molecule has 1 aliphatic rings. The molecule has 1 atom stereocenters. The number of aromatic nitrogens is 2. The first-order valence-corrected chi connectivity index (χ1v) is 6.96. The summed E-state index contributed by atoms with van der Waals surface area (Å²) in [4.78, 5) is 8.44. The number of rotatable bonds is 4. The van der Waals surface area contributed by atoms with Gasteiger partial charge in [-0.05, 0) is 41.6 Å². The first-order chi connectivity index (χ1) is 8.22. The topological polar surface area (TPSA) is 49.8 Å². The fourth-order valence-electron chi connectivity index (χ4n) is 2.44. The van der Waals surface area contributed by atoms with Gasteiger partial charge in [0.15, 0.2) is 0 Å². The molecule has 0 saturated heterocycles. The first kappa shape index (κ1) is 12.6. The zero-order valence-corrected chi connectivity index (χ0v) is 11.9. The van der Waals surface area contributed by atoms with Gasteiger partial charge < -0.3 is 10.6 Å². The van der Waals surface area contributed by atoms with Crippen molar-refractivity contribution in [3.05, 3.63) is 10.8 Å². The quantitative estimate of drug-likeness (QED) is 0.896. The normalized spacial score (nSPS) is 18.1. The van der Waals surface area contributed by atoms with Gasteiger partial charge in [0.1, 0.15) is 22.4 Å². The van der Waals surface area contributed by atoms with Crippen LogP contribution in [0.3, 0.4) is 0 Å². The van der Waals surface area contributed by atoms with Crippen LogP contribution in [0.25, 0.3) is 0 Å². The maximum Gasteiger partial charge on any atom is 0.146 e. The molecule has 1 aromatic heterocycles. The van der Waals surface area contributed by atoms with Gasteiger partial charge in [-0.15, -0.1) is 0 Å². The van der Waals surface area contributed by atoms with E-state index in [9.17, 15) is 0 Å². The zero-order valence-electron chi connectivity index (χ0n) is 10.3. The van der Waals surface area contributed by atoms with Crippen LogP contribution in [-0.4, -0.2) is 23.1 Å². The largest absolute Gasteiger partial charge is 0.372 e. The van der Waals surface area contributed by atoms with Crippen molar-refractivity contribution in [2.24, 2.45) is 5.92 Å².